The molecule has 0 bridgehead atoms. The minimum atomic E-state index is -0.160. The normalized spacial score (nSPS) is 15.8. The summed E-state index contributed by atoms with van der Waals surface area (Å²) in [4.78, 5) is 13.4. The van der Waals surface area contributed by atoms with Crippen molar-refractivity contribution in [2.45, 2.75) is 19.3 Å². The van der Waals surface area contributed by atoms with Crippen molar-refractivity contribution in [3.63, 3.8) is 0 Å². The molecule has 1 aromatic rings. The summed E-state index contributed by atoms with van der Waals surface area (Å²) in [5, 5.41) is 10.6. The van der Waals surface area contributed by atoms with Crippen LogP contribution < -0.4 is 5.43 Å². The van der Waals surface area contributed by atoms with Gasteiger partial charge in [-0.3, -0.25) is 10.2 Å². The number of thiophene rings is 1. The highest BCUT2D eigenvalue weighted by molar-refractivity contribution is 7.14. The average Bonchev–Trinajstić information content (AvgIpc) is 2.86. The molecule has 0 spiro atoms. The second-order valence-corrected chi connectivity index (χ2v) is 5.20. The number of aliphatic hydroxyl groups excluding tert-OH is 1. The van der Waals surface area contributed by atoms with Gasteiger partial charge in [-0.05, 0) is 25.0 Å². The van der Waals surface area contributed by atoms with Crippen molar-refractivity contribution in [1.82, 2.24) is 10.4 Å². The summed E-state index contributed by atoms with van der Waals surface area (Å²) in [5.74, 6) is 5.30. The summed E-state index contributed by atoms with van der Waals surface area (Å²) in [5.41, 5.74) is 2.91. The van der Waals surface area contributed by atoms with Crippen LogP contribution in [0.1, 0.15) is 33.8 Å². The summed E-state index contributed by atoms with van der Waals surface area (Å²) < 4.78 is 0. The first-order chi connectivity index (χ1) is 8.79. The standard InChI is InChI=1S/C13H16N2O2S/c16-10-4-5-11-6-7-12(18-11)13(17)14-15-8-2-1-3-9-15/h6-7,16H,1-3,8-10H2,(H,14,17). The minimum Gasteiger partial charge on any atom is -0.384 e. The Hall–Kier alpha value is -1.35. The first kappa shape index (κ1) is 13.1. The highest BCUT2D eigenvalue weighted by Gasteiger charge is 2.15. The molecule has 1 fully saturated rings. The van der Waals surface area contributed by atoms with Crippen LogP contribution >= 0.6 is 11.3 Å². The number of nitrogens with one attached hydrogen (secondary N) is 1. The molecule has 0 unspecified atom stereocenters. The largest absolute Gasteiger partial charge is 0.384 e. The number of hydrazine groups is 1. The van der Waals surface area contributed by atoms with E-state index in [1.165, 1.54) is 17.8 Å². The van der Waals surface area contributed by atoms with Gasteiger partial charge in [0.25, 0.3) is 5.91 Å². The van der Waals surface area contributed by atoms with Crippen LogP contribution in [0.3, 0.4) is 0 Å². The van der Waals surface area contributed by atoms with Crippen molar-refractivity contribution in [2.24, 2.45) is 0 Å². The van der Waals surface area contributed by atoms with E-state index >= 15 is 0 Å². The van der Waals surface area contributed by atoms with Crippen molar-refractivity contribution in [3.8, 4) is 11.8 Å². The molecule has 0 aromatic carbocycles. The maximum absolute atomic E-state index is 12.0. The van der Waals surface area contributed by atoms with Crippen LogP contribution in [0.2, 0.25) is 0 Å². The molecule has 0 saturated carbocycles. The lowest BCUT2D eigenvalue weighted by atomic mass is 10.2. The van der Waals surface area contributed by atoms with Crippen LogP contribution in [-0.4, -0.2) is 35.7 Å². The summed E-state index contributed by atoms with van der Waals surface area (Å²) >= 11 is 1.35. The van der Waals surface area contributed by atoms with Gasteiger partial charge in [0.1, 0.15) is 6.61 Å². The fourth-order valence-electron chi connectivity index (χ4n) is 1.86. The molecule has 1 saturated heterocycles. The van der Waals surface area contributed by atoms with Crippen LogP contribution in [0.4, 0.5) is 0 Å². The predicted molar refractivity (Wildman–Crippen MR) is 71.2 cm³/mol. The first-order valence-electron chi connectivity index (χ1n) is 6.05. The average molecular weight is 264 g/mol. The number of rotatable bonds is 2. The predicted octanol–water partition coefficient (Wildman–Crippen LogP) is 1.22. The Morgan fingerprint density at radius 2 is 2.17 bits per heavy atom. The van der Waals surface area contributed by atoms with Crippen molar-refractivity contribution in [3.05, 3.63) is 21.9 Å². The van der Waals surface area contributed by atoms with Crippen molar-refractivity contribution >= 4 is 17.2 Å². The van der Waals surface area contributed by atoms with Crippen LogP contribution in [0.15, 0.2) is 12.1 Å². The number of nitrogens with zero attached hydrogens (tertiary/aromatic N) is 1. The highest BCUT2D eigenvalue weighted by atomic mass is 32.1. The number of carbonyl (C=O) groups is 1. The Labute approximate surface area is 111 Å². The van der Waals surface area contributed by atoms with Gasteiger partial charge in [-0.25, -0.2) is 5.01 Å². The second kappa shape index (κ2) is 6.55. The molecule has 96 valence electrons. The fourth-order valence-corrected chi connectivity index (χ4v) is 2.63. The zero-order valence-corrected chi connectivity index (χ0v) is 10.9. The molecule has 1 aromatic heterocycles. The molecule has 1 aliphatic rings. The zero-order chi connectivity index (χ0) is 12.8. The molecule has 18 heavy (non-hydrogen) atoms. The van der Waals surface area contributed by atoms with E-state index in [2.05, 4.69) is 17.3 Å². The van der Waals surface area contributed by atoms with Crippen LogP contribution in [0.5, 0.6) is 0 Å². The quantitative estimate of drug-likeness (QED) is 0.790. The fraction of sp³-hybridized carbons (Fsp3) is 0.462. The van der Waals surface area contributed by atoms with E-state index < -0.39 is 0 Å². The van der Waals surface area contributed by atoms with Gasteiger partial charge < -0.3 is 5.11 Å². The third kappa shape index (κ3) is 3.57. The third-order valence-corrected chi connectivity index (χ3v) is 3.74. The smallest absolute Gasteiger partial charge is 0.275 e. The van der Waals surface area contributed by atoms with Gasteiger partial charge in [0.05, 0.1) is 9.75 Å². The lowest BCUT2D eigenvalue weighted by Gasteiger charge is -2.26. The van der Waals surface area contributed by atoms with Crippen LogP contribution in [-0.2, 0) is 0 Å². The Balaban J connectivity index is 1.93. The number of piperidine rings is 1. The number of carbonyl (C=O) groups excluding carboxylic acids is 1. The molecule has 2 N–H and O–H groups in total. The Morgan fingerprint density at radius 3 is 2.89 bits per heavy atom. The summed E-state index contributed by atoms with van der Waals surface area (Å²) in [7, 11) is 0. The summed E-state index contributed by atoms with van der Waals surface area (Å²) in [6, 6.07) is 3.57. The first-order valence-corrected chi connectivity index (χ1v) is 6.87. The van der Waals surface area contributed by atoms with E-state index in [1.54, 1.807) is 12.1 Å². The highest BCUT2D eigenvalue weighted by Crippen LogP contribution is 2.16. The van der Waals surface area contributed by atoms with Gasteiger partial charge in [-0.1, -0.05) is 18.3 Å². The maximum Gasteiger partial charge on any atom is 0.275 e. The van der Waals surface area contributed by atoms with Gasteiger partial charge in [0, 0.05) is 13.1 Å². The Bertz CT molecular complexity index is 467. The molecular formula is C13H16N2O2S. The van der Waals surface area contributed by atoms with E-state index in [-0.39, 0.29) is 12.5 Å². The second-order valence-electron chi connectivity index (χ2n) is 4.11. The monoisotopic (exact) mass is 264 g/mol. The molecule has 0 aliphatic carbocycles. The Kier molecular flexibility index (Phi) is 4.76. The topological polar surface area (TPSA) is 52.6 Å². The number of hydrogen-bond acceptors (Lipinski definition) is 4. The van der Waals surface area contributed by atoms with Crippen molar-refractivity contribution in [2.75, 3.05) is 19.7 Å². The van der Waals surface area contributed by atoms with E-state index in [1.807, 2.05) is 5.01 Å². The number of hydrogen-bond donors (Lipinski definition) is 2. The van der Waals surface area contributed by atoms with Crippen molar-refractivity contribution in [1.29, 1.82) is 0 Å². The van der Waals surface area contributed by atoms with E-state index in [0.29, 0.717) is 4.88 Å². The molecule has 1 amide bonds. The van der Waals surface area contributed by atoms with E-state index in [4.69, 9.17) is 5.11 Å². The zero-order valence-electron chi connectivity index (χ0n) is 10.1. The summed E-state index contributed by atoms with van der Waals surface area (Å²) in [6.07, 6.45) is 3.52. The van der Waals surface area contributed by atoms with Crippen LogP contribution in [0, 0.1) is 11.8 Å². The van der Waals surface area contributed by atoms with Crippen molar-refractivity contribution < 1.29 is 9.90 Å². The SMILES string of the molecule is O=C(NN1CCCCC1)c1ccc(C#CCO)s1. The van der Waals surface area contributed by atoms with Gasteiger partial charge in [-0.15, -0.1) is 11.3 Å². The van der Waals surface area contributed by atoms with Gasteiger partial charge in [0.15, 0.2) is 0 Å². The van der Waals surface area contributed by atoms with Crippen LogP contribution in [0.25, 0.3) is 0 Å². The molecule has 2 rings (SSSR count). The minimum absolute atomic E-state index is 0.0704. The molecular weight excluding hydrogens is 248 g/mol. The molecule has 2 heterocycles. The molecule has 5 heteroatoms. The summed E-state index contributed by atoms with van der Waals surface area (Å²) in [6.45, 7) is 1.69. The van der Waals surface area contributed by atoms with Gasteiger partial charge in [0.2, 0.25) is 0 Å². The maximum atomic E-state index is 12.0. The van der Waals surface area contributed by atoms with Gasteiger partial charge >= 0.3 is 0 Å². The molecule has 0 radical (unpaired) electrons. The molecule has 0 atom stereocenters. The number of aliphatic hydroxyl groups is 1. The lowest BCUT2D eigenvalue weighted by Crippen LogP contribution is -2.44. The molecule has 4 nitrogen and oxygen atoms in total. The third-order valence-electron chi connectivity index (χ3n) is 2.74. The number of amides is 1. The van der Waals surface area contributed by atoms with Gasteiger partial charge in [-0.2, -0.15) is 0 Å². The van der Waals surface area contributed by atoms with E-state index in [0.717, 1.165) is 30.8 Å². The van der Waals surface area contributed by atoms with E-state index in [9.17, 15) is 4.79 Å². The Morgan fingerprint density at radius 1 is 1.39 bits per heavy atom. The lowest BCUT2D eigenvalue weighted by molar-refractivity contribution is 0.0754. The molecule has 1 aliphatic heterocycles.